The number of fused-ring (bicyclic) bond motifs is 2. The van der Waals surface area contributed by atoms with Crippen molar-refractivity contribution in [3.05, 3.63) is 107 Å². The van der Waals surface area contributed by atoms with E-state index in [1.807, 2.05) is 24.3 Å². The molecule has 13 heteroatoms. The van der Waals surface area contributed by atoms with Gasteiger partial charge in [-0.25, -0.2) is 19.8 Å². The van der Waals surface area contributed by atoms with Crippen molar-refractivity contribution < 1.29 is 19.3 Å². The fraction of sp³-hybridized carbons (Fsp3) is 0.0769. The van der Waals surface area contributed by atoms with Crippen LogP contribution in [0.25, 0.3) is 0 Å². The van der Waals surface area contributed by atoms with E-state index in [4.69, 9.17) is 4.65 Å². The zero-order valence-electron chi connectivity index (χ0n) is 21.0. The summed E-state index contributed by atoms with van der Waals surface area (Å²) in [6, 6.07) is 19.5. The number of carbonyl (C=O) groups excluding carboxylic acids is 2. The summed E-state index contributed by atoms with van der Waals surface area (Å²) in [4.78, 5) is 37.5. The summed E-state index contributed by atoms with van der Waals surface area (Å²) < 4.78 is 7.96. The number of benzene rings is 2. The highest BCUT2D eigenvalue weighted by Gasteiger charge is 2.44. The Balaban J connectivity index is 1.44. The Kier molecular flexibility index (Phi) is 6.04. The number of imidazole rings is 1. The van der Waals surface area contributed by atoms with Crippen molar-refractivity contribution in [3.63, 3.8) is 0 Å². The molecule has 190 valence electrons. The number of hydrogen-bond acceptors (Lipinski definition) is 8. The summed E-state index contributed by atoms with van der Waals surface area (Å²) in [6.45, 7) is 1.80. The predicted molar refractivity (Wildman–Crippen MR) is 146 cm³/mol. The van der Waals surface area contributed by atoms with Gasteiger partial charge >= 0.3 is 14.1 Å². The van der Waals surface area contributed by atoms with Crippen molar-refractivity contribution in [1.29, 1.82) is 0 Å². The molecule has 0 radical (unpaired) electrons. The van der Waals surface area contributed by atoms with Crippen molar-refractivity contribution in [2.45, 2.75) is 6.92 Å². The van der Waals surface area contributed by atoms with Gasteiger partial charge in [-0.05, 0) is 41.6 Å². The van der Waals surface area contributed by atoms with Crippen LogP contribution in [0.3, 0.4) is 0 Å². The summed E-state index contributed by atoms with van der Waals surface area (Å²) in [5, 5.41) is 19.9. The number of rotatable bonds is 3. The standard InChI is InChI=1S/C26H21B2N7O4/c1-17-8-7-13-22(31-17)25(36)35-28(20-11-5-3-9-18(20)16-30-35)39-24-19-10-4-6-12-21(19)27(38)34(32-24)26(37)23-29-14-15-33(23)2/h3-16,38H,1-2H3. The van der Waals surface area contributed by atoms with Crippen molar-refractivity contribution in [2.24, 2.45) is 17.3 Å². The molecule has 0 bridgehead atoms. The summed E-state index contributed by atoms with van der Waals surface area (Å²) in [5.41, 5.74) is 3.20. The monoisotopic (exact) mass is 517 g/mol. The van der Waals surface area contributed by atoms with E-state index in [2.05, 4.69) is 20.2 Å². The summed E-state index contributed by atoms with van der Waals surface area (Å²) in [6.07, 6.45) is 4.69. The quantitative estimate of drug-likeness (QED) is 0.396. The molecular weight excluding hydrogens is 496 g/mol. The lowest BCUT2D eigenvalue weighted by molar-refractivity contribution is 0.0817. The Hall–Kier alpha value is -5.03. The number of nitrogens with zero attached hydrogens (tertiary/aromatic N) is 7. The van der Waals surface area contributed by atoms with Gasteiger partial charge in [-0.2, -0.15) is 5.10 Å². The predicted octanol–water partition coefficient (Wildman–Crippen LogP) is 0.531. The van der Waals surface area contributed by atoms with Crippen LogP contribution in [0.2, 0.25) is 0 Å². The lowest BCUT2D eigenvalue weighted by atomic mass is 9.67. The molecule has 39 heavy (non-hydrogen) atoms. The van der Waals surface area contributed by atoms with E-state index in [0.717, 1.165) is 10.5 Å². The Bertz CT molecular complexity index is 1670. The van der Waals surface area contributed by atoms with Crippen LogP contribution in [0, 0.1) is 6.92 Å². The largest absolute Gasteiger partial charge is 0.545 e. The van der Waals surface area contributed by atoms with E-state index in [0.29, 0.717) is 22.2 Å². The molecule has 2 aliphatic heterocycles. The van der Waals surface area contributed by atoms with Crippen molar-refractivity contribution in [3.8, 4) is 0 Å². The molecule has 4 heterocycles. The molecule has 1 N–H and O–H groups in total. The maximum absolute atomic E-state index is 13.6. The average Bonchev–Trinajstić information content (AvgIpc) is 3.39. The van der Waals surface area contributed by atoms with Gasteiger partial charge in [-0.15, -0.1) is 5.10 Å². The van der Waals surface area contributed by atoms with E-state index >= 15 is 0 Å². The second kappa shape index (κ2) is 9.69. The minimum Gasteiger partial charge on any atom is -0.521 e. The van der Waals surface area contributed by atoms with Crippen LogP contribution in [-0.4, -0.2) is 67.4 Å². The third-order valence-electron chi connectivity index (χ3n) is 6.46. The Morgan fingerprint density at radius 3 is 2.46 bits per heavy atom. The molecule has 0 spiro atoms. The SMILES string of the molecule is Cc1cccc(C(=O)N2N=Cc3ccccc3B2OC2=NN(C(=O)c3nccn3C)B(O)c3ccccc32)n1. The van der Waals surface area contributed by atoms with Gasteiger partial charge in [-0.3, -0.25) is 9.59 Å². The molecule has 0 saturated heterocycles. The fourth-order valence-corrected chi connectivity index (χ4v) is 4.50. The maximum atomic E-state index is 13.6. The average molecular weight is 517 g/mol. The first-order chi connectivity index (χ1) is 18.9. The van der Waals surface area contributed by atoms with Crippen molar-refractivity contribution in [2.75, 3.05) is 0 Å². The molecule has 0 atom stereocenters. The van der Waals surface area contributed by atoms with Gasteiger partial charge in [0.15, 0.2) is 5.82 Å². The maximum Gasteiger partial charge on any atom is 0.545 e. The fourth-order valence-electron chi connectivity index (χ4n) is 4.50. The van der Waals surface area contributed by atoms with Gasteiger partial charge in [-0.1, -0.05) is 48.5 Å². The van der Waals surface area contributed by atoms with Gasteiger partial charge in [0.1, 0.15) is 5.69 Å². The van der Waals surface area contributed by atoms with Crippen molar-refractivity contribution in [1.82, 2.24) is 24.4 Å². The highest BCUT2D eigenvalue weighted by molar-refractivity contribution is 6.72. The molecular formula is C26H21B2N7O4. The normalized spacial score (nSPS) is 14.1. The number of aryl methyl sites for hydroxylation is 2. The van der Waals surface area contributed by atoms with Crippen LogP contribution < -0.4 is 10.9 Å². The first-order valence-electron chi connectivity index (χ1n) is 12.2. The Labute approximate surface area is 224 Å². The molecule has 0 saturated carbocycles. The van der Waals surface area contributed by atoms with Gasteiger partial charge < -0.3 is 14.2 Å². The molecule has 2 aromatic heterocycles. The first-order valence-corrected chi connectivity index (χ1v) is 12.2. The second-order valence-corrected chi connectivity index (χ2v) is 9.04. The van der Waals surface area contributed by atoms with E-state index in [1.54, 1.807) is 68.8 Å². The van der Waals surface area contributed by atoms with Crippen LogP contribution >= 0.6 is 0 Å². The second-order valence-electron chi connectivity index (χ2n) is 9.04. The third kappa shape index (κ3) is 4.28. The Morgan fingerprint density at radius 1 is 0.923 bits per heavy atom. The summed E-state index contributed by atoms with van der Waals surface area (Å²) >= 11 is 0. The van der Waals surface area contributed by atoms with Crippen LogP contribution in [0.4, 0.5) is 0 Å². The van der Waals surface area contributed by atoms with E-state index in [-0.39, 0.29) is 17.4 Å². The van der Waals surface area contributed by atoms with Gasteiger partial charge in [0.25, 0.3) is 11.8 Å². The van der Waals surface area contributed by atoms with Gasteiger partial charge in [0, 0.05) is 30.7 Å². The zero-order chi connectivity index (χ0) is 27.1. The molecule has 2 amide bonds. The molecule has 0 fully saturated rings. The summed E-state index contributed by atoms with van der Waals surface area (Å²) in [7, 11) is -0.734. The topological polar surface area (TPSA) is 126 Å². The smallest absolute Gasteiger partial charge is 0.521 e. The number of pyridine rings is 1. The number of hydrazone groups is 2. The number of aromatic nitrogens is 3. The molecule has 0 aliphatic carbocycles. The Morgan fingerprint density at radius 2 is 1.69 bits per heavy atom. The first kappa shape index (κ1) is 24.3. The van der Waals surface area contributed by atoms with Crippen LogP contribution in [0.15, 0.2) is 89.3 Å². The van der Waals surface area contributed by atoms with Gasteiger partial charge in [0.2, 0.25) is 5.90 Å². The van der Waals surface area contributed by atoms with Crippen LogP contribution in [0.1, 0.15) is 37.9 Å². The molecule has 4 aromatic rings. The lowest BCUT2D eigenvalue weighted by Crippen LogP contribution is -2.58. The van der Waals surface area contributed by atoms with E-state index in [1.165, 1.54) is 15.7 Å². The van der Waals surface area contributed by atoms with Crippen LogP contribution in [-0.2, 0) is 11.7 Å². The molecule has 6 rings (SSSR count). The summed E-state index contributed by atoms with van der Waals surface area (Å²) in [5.74, 6) is -0.971. The third-order valence-corrected chi connectivity index (χ3v) is 6.46. The van der Waals surface area contributed by atoms with E-state index in [9.17, 15) is 14.6 Å². The number of carbonyl (C=O) groups is 2. The number of amides is 2. The highest BCUT2D eigenvalue weighted by Crippen LogP contribution is 2.19. The highest BCUT2D eigenvalue weighted by atomic mass is 16.5. The molecule has 2 aliphatic rings. The number of hydrogen-bond donors (Lipinski definition) is 1. The van der Waals surface area contributed by atoms with Crippen LogP contribution in [0.5, 0.6) is 0 Å². The van der Waals surface area contributed by atoms with Gasteiger partial charge in [0.05, 0.1) is 6.21 Å². The molecule has 11 nitrogen and oxygen atoms in total. The molecule has 0 unspecified atom stereocenters. The lowest BCUT2D eigenvalue weighted by Gasteiger charge is -2.32. The van der Waals surface area contributed by atoms with Crippen molar-refractivity contribution >= 4 is 49.0 Å². The zero-order valence-corrected chi connectivity index (χ0v) is 21.0. The minimum absolute atomic E-state index is 0.0327. The minimum atomic E-state index is -1.37. The molecule has 2 aromatic carbocycles. The van der Waals surface area contributed by atoms with E-state index < -0.39 is 25.9 Å².